The minimum atomic E-state index is -3.44. The Morgan fingerprint density at radius 1 is 1.26 bits per heavy atom. The molecule has 1 aliphatic heterocycles. The van der Waals surface area contributed by atoms with Crippen molar-refractivity contribution in [3.63, 3.8) is 0 Å². The van der Waals surface area contributed by atoms with E-state index >= 15 is 0 Å². The van der Waals surface area contributed by atoms with Crippen molar-refractivity contribution < 1.29 is 13.2 Å². The molecule has 2 aliphatic rings. The van der Waals surface area contributed by atoms with Crippen LogP contribution in [0.2, 0.25) is 0 Å². The van der Waals surface area contributed by atoms with E-state index in [1.165, 1.54) is 0 Å². The van der Waals surface area contributed by atoms with E-state index in [-0.39, 0.29) is 12.1 Å². The lowest BCUT2D eigenvalue weighted by atomic mass is 10.2. The standard InChI is InChI=1S/C13H16BrNO3S/c14-10-4-1-2-7-13(10)19(16,17)15-8-9-18-12-6-3-5-11(12)15/h1-2,4,7,11-12H,3,5-6,8-9H2. The Morgan fingerprint density at radius 2 is 2.05 bits per heavy atom. The molecular weight excluding hydrogens is 330 g/mol. The monoisotopic (exact) mass is 345 g/mol. The highest BCUT2D eigenvalue weighted by molar-refractivity contribution is 9.10. The van der Waals surface area contributed by atoms with E-state index < -0.39 is 10.0 Å². The van der Waals surface area contributed by atoms with Gasteiger partial charge < -0.3 is 4.74 Å². The number of morpholine rings is 1. The van der Waals surface area contributed by atoms with Crippen molar-refractivity contribution >= 4 is 26.0 Å². The van der Waals surface area contributed by atoms with Crippen LogP contribution >= 0.6 is 15.9 Å². The number of nitrogens with zero attached hydrogens (tertiary/aromatic N) is 1. The first-order valence-corrected chi connectivity index (χ1v) is 8.72. The zero-order chi connectivity index (χ0) is 13.5. The van der Waals surface area contributed by atoms with Crippen LogP contribution in [0.15, 0.2) is 33.6 Å². The second-order valence-electron chi connectivity index (χ2n) is 4.95. The van der Waals surface area contributed by atoms with Crippen LogP contribution in [0, 0.1) is 0 Å². The van der Waals surface area contributed by atoms with Crippen molar-refractivity contribution in [2.45, 2.75) is 36.3 Å². The van der Waals surface area contributed by atoms with Crippen molar-refractivity contribution in [2.24, 2.45) is 0 Å². The Labute approximate surface area is 121 Å². The molecule has 2 unspecified atom stereocenters. The zero-order valence-corrected chi connectivity index (χ0v) is 12.9. The van der Waals surface area contributed by atoms with Gasteiger partial charge in [-0.05, 0) is 47.3 Å². The van der Waals surface area contributed by atoms with Gasteiger partial charge in [-0.2, -0.15) is 4.31 Å². The number of halogens is 1. The summed E-state index contributed by atoms with van der Waals surface area (Å²) in [7, 11) is -3.44. The maximum Gasteiger partial charge on any atom is 0.244 e. The average molecular weight is 346 g/mol. The number of fused-ring (bicyclic) bond motifs is 1. The van der Waals surface area contributed by atoms with E-state index in [0.717, 1.165) is 19.3 Å². The highest BCUT2D eigenvalue weighted by Crippen LogP contribution is 2.34. The van der Waals surface area contributed by atoms with Crippen LogP contribution in [-0.2, 0) is 14.8 Å². The molecule has 2 atom stereocenters. The van der Waals surface area contributed by atoms with Crippen molar-refractivity contribution in [1.82, 2.24) is 4.31 Å². The molecule has 0 aromatic heterocycles. The Bertz CT molecular complexity index is 575. The summed E-state index contributed by atoms with van der Waals surface area (Å²) in [6.07, 6.45) is 2.98. The predicted molar refractivity (Wildman–Crippen MR) is 75.4 cm³/mol. The first-order valence-electron chi connectivity index (χ1n) is 6.48. The van der Waals surface area contributed by atoms with Crippen molar-refractivity contribution in [3.05, 3.63) is 28.7 Å². The van der Waals surface area contributed by atoms with Gasteiger partial charge >= 0.3 is 0 Å². The molecule has 4 nitrogen and oxygen atoms in total. The first-order chi connectivity index (χ1) is 9.10. The Morgan fingerprint density at radius 3 is 2.84 bits per heavy atom. The highest BCUT2D eigenvalue weighted by atomic mass is 79.9. The largest absolute Gasteiger partial charge is 0.375 e. The second-order valence-corrected chi connectivity index (χ2v) is 7.67. The number of benzene rings is 1. The zero-order valence-electron chi connectivity index (χ0n) is 10.5. The summed E-state index contributed by atoms with van der Waals surface area (Å²) in [5, 5.41) is 0. The summed E-state index contributed by atoms with van der Waals surface area (Å²) in [6, 6.07) is 6.99. The normalized spacial score (nSPS) is 28.3. The molecule has 2 fully saturated rings. The van der Waals surface area contributed by atoms with E-state index in [1.54, 1.807) is 22.5 Å². The van der Waals surface area contributed by atoms with Crippen LogP contribution in [0.5, 0.6) is 0 Å². The van der Waals surface area contributed by atoms with Crippen molar-refractivity contribution in [1.29, 1.82) is 0 Å². The minimum absolute atomic E-state index is 0.00542. The number of sulfonamides is 1. The topological polar surface area (TPSA) is 46.6 Å². The van der Waals surface area contributed by atoms with Crippen molar-refractivity contribution in [3.8, 4) is 0 Å². The van der Waals surface area contributed by atoms with Gasteiger partial charge in [0.05, 0.1) is 23.6 Å². The molecule has 6 heteroatoms. The van der Waals surface area contributed by atoms with Gasteiger partial charge in [0.15, 0.2) is 0 Å². The summed E-state index contributed by atoms with van der Waals surface area (Å²) in [5.74, 6) is 0. The molecule has 0 radical (unpaired) electrons. The smallest absolute Gasteiger partial charge is 0.244 e. The van der Waals surface area contributed by atoms with Gasteiger partial charge in [-0.15, -0.1) is 0 Å². The number of ether oxygens (including phenoxy) is 1. The summed E-state index contributed by atoms with van der Waals surface area (Å²) in [5.41, 5.74) is 0. The number of rotatable bonds is 2. The molecular formula is C13H16BrNO3S. The van der Waals surface area contributed by atoms with Crippen LogP contribution in [0.4, 0.5) is 0 Å². The van der Waals surface area contributed by atoms with Crippen LogP contribution < -0.4 is 0 Å². The predicted octanol–water partition coefficient (Wildman–Crippen LogP) is 2.39. The first kappa shape index (κ1) is 13.5. The lowest BCUT2D eigenvalue weighted by Gasteiger charge is -2.36. The van der Waals surface area contributed by atoms with E-state index in [9.17, 15) is 8.42 Å². The average Bonchev–Trinajstić information content (AvgIpc) is 2.86. The van der Waals surface area contributed by atoms with E-state index in [0.29, 0.717) is 22.5 Å². The molecule has 1 aliphatic carbocycles. The summed E-state index contributed by atoms with van der Waals surface area (Å²) in [6.45, 7) is 0.940. The molecule has 1 aromatic rings. The number of hydrogen-bond acceptors (Lipinski definition) is 3. The summed E-state index contributed by atoms with van der Waals surface area (Å²) >= 11 is 3.33. The molecule has 3 rings (SSSR count). The molecule has 0 spiro atoms. The maximum atomic E-state index is 12.8. The van der Waals surface area contributed by atoms with Gasteiger partial charge in [0.2, 0.25) is 10.0 Å². The van der Waals surface area contributed by atoms with Gasteiger partial charge in [0.1, 0.15) is 0 Å². The Kier molecular flexibility index (Phi) is 3.68. The van der Waals surface area contributed by atoms with Crippen LogP contribution in [0.25, 0.3) is 0 Å². The highest BCUT2D eigenvalue weighted by Gasteiger charge is 2.42. The van der Waals surface area contributed by atoms with E-state index in [2.05, 4.69) is 15.9 Å². The van der Waals surface area contributed by atoms with Crippen LogP contribution in [0.3, 0.4) is 0 Å². The van der Waals surface area contributed by atoms with Crippen molar-refractivity contribution in [2.75, 3.05) is 13.2 Å². The third kappa shape index (κ3) is 2.35. The second kappa shape index (κ2) is 5.16. The lowest BCUT2D eigenvalue weighted by Crippen LogP contribution is -2.51. The van der Waals surface area contributed by atoms with Crippen LogP contribution in [0.1, 0.15) is 19.3 Å². The van der Waals surface area contributed by atoms with Gasteiger partial charge in [-0.25, -0.2) is 8.42 Å². The van der Waals surface area contributed by atoms with Gasteiger partial charge in [-0.1, -0.05) is 12.1 Å². The number of hydrogen-bond donors (Lipinski definition) is 0. The molecule has 0 bridgehead atoms. The Hall–Kier alpha value is -0.430. The van der Waals surface area contributed by atoms with Crippen LogP contribution in [-0.4, -0.2) is 38.0 Å². The maximum absolute atomic E-state index is 12.8. The van der Waals surface area contributed by atoms with E-state index in [1.807, 2.05) is 6.07 Å². The quantitative estimate of drug-likeness (QED) is 0.826. The van der Waals surface area contributed by atoms with Gasteiger partial charge in [0.25, 0.3) is 0 Å². The fourth-order valence-corrected chi connectivity index (χ4v) is 5.60. The van der Waals surface area contributed by atoms with Gasteiger partial charge in [-0.3, -0.25) is 0 Å². The fourth-order valence-electron chi connectivity index (χ4n) is 2.97. The summed E-state index contributed by atoms with van der Waals surface area (Å²) < 4.78 is 33.5. The molecule has 0 amide bonds. The SMILES string of the molecule is O=S(=O)(c1ccccc1Br)N1CCOC2CCCC21. The summed E-state index contributed by atoms with van der Waals surface area (Å²) in [4.78, 5) is 0.350. The molecule has 1 saturated heterocycles. The molecule has 104 valence electrons. The molecule has 1 heterocycles. The third-order valence-electron chi connectivity index (χ3n) is 3.85. The molecule has 1 saturated carbocycles. The molecule has 19 heavy (non-hydrogen) atoms. The molecule has 1 aromatic carbocycles. The Balaban J connectivity index is 1.98. The molecule has 0 N–H and O–H groups in total. The van der Waals surface area contributed by atoms with Gasteiger partial charge in [0, 0.05) is 11.0 Å². The fraction of sp³-hybridized carbons (Fsp3) is 0.538. The minimum Gasteiger partial charge on any atom is -0.375 e. The third-order valence-corrected chi connectivity index (χ3v) is 6.79. The van der Waals surface area contributed by atoms with E-state index in [4.69, 9.17) is 4.74 Å². The lowest BCUT2D eigenvalue weighted by molar-refractivity contribution is -0.0241.